The molecule has 0 atom stereocenters. The van der Waals surface area contributed by atoms with Gasteiger partial charge in [0, 0.05) is 37.9 Å². The summed E-state index contributed by atoms with van der Waals surface area (Å²) in [6.07, 6.45) is 4.53. The van der Waals surface area contributed by atoms with Crippen molar-refractivity contribution in [1.29, 1.82) is 0 Å². The quantitative estimate of drug-likeness (QED) is 0.484. The summed E-state index contributed by atoms with van der Waals surface area (Å²) in [6.45, 7) is 8.17. The Kier molecular flexibility index (Phi) is 5.90. The Bertz CT molecular complexity index is 1260. The first-order chi connectivity index (χ1) is 16.1. The molecule has 33 heavy (non-hydrogen) atoms. The van der Waals surface area contributed by atoms with Crippen LogP contribution in [-0.4, -0.2) is 46.1 Å². The maximum atomic E-state index is 5.74. The molecule has 7 nitrogen and oxygen atoms in total. The molecular formula is C26H29N7. The highest BCUT2D eigenvalue weighted by Gasteiger charge is 2.21. The van der Waals surface area contributed by atoms with Crippen LogP contribution in [0.5, 0.6) is 0 Å². The number of fused-ring (bicyclic) bond motifs is 1. The number of nitrogen functional groups attached to an aromatic ring is 1. The number of nitrogens with zero attached hydrogens (tertiary/aromatic N) is 5. The Labute approximate surface area is 194 Å². The van der Waals surface area contributed by atoms with Crippen molar-refractivity contribution < 1.29 is 0 Å². The number of hydrogen-bond donors (Lipinski definition) is 2. The summed E-state index contributed by atoms with van der Waals surface area (Å²) in [5.74, 6) is 0.492. The summed E-state index contributed by atoms with van der Waals surface area (Å²) in [5.41, 5.74) is 14.0. The Morgan fingerprint density at radius 3 is 2.55 bits per heavy atom. The number of aromatic nitrogens is 3. The van der Waals surface area contributed by atoms with E-state index in [-0.39, 0.29) is 0 Å². The van der Waals surface area contributed by atoms with Gasteiger partial charge >= 0.3 is 0 Å². The van der Waals surface area contributed by atoms with Gasteiger partial charge in [0.2, 0.25) is 0 Å². The molecular weight excluding hydrogens is 410 g/mol. The van der Waals surface area contributed by atoms with Crippen molar-refractivity contribution in [2.45, 2.75) is 20.3 Å². The highest BCUT2D eigenvalue weighted by molar-refractivity contribution is 5.82. The zero-order valence-electron chi connectivity index (χ0n) is 19.1. The maximum absolute atomic E-state index is 5.74. The second-order valence-corrected chi connectivity index (χ2v) is 8.45. The van der Waals surface area contributed by atoms with Crippen LogP contribution >= 0.6 is 0 Å². The molecule has 4 aromatic rings. The first-order valence-electron chi connectivity index (χ1n) is 11.5. The van der Waals surface area contributed by atoms with E-state index in [4.69, 9.17) is 10.7 Å². The minimum atomic E-state index is 0.492. The number of piperazine rings is 1. The van der Waals surface area contributed by atoms with Crippen LogP contribution in [0.25, 0.3) is 22.3 Å². The lowest BCUT2D eigenvalue weighted by Gasteiger charge is -2.39. The van der Waals surface area contributed by atoms with E-state index in [1.54, 1.807) is 18.5 Å². The average molecular weight is 440 g/mol. The Morgan fingerprint density at radius 1 is 0.939 bits per heavy atom. The van der Waals surface area contributed by atoms with E-state index in [1.165, 1.54) is 16.8 Å². The molecule has 1 aliphatic heterocycles. The summed E-state index contributed by atoms with van der Waals surface area (Å²) in [4.78, 5) is 13.7. The third-order valence-electron chi connectivity index (χ3n) is 6.00. The highest BCUT2D eigenvalue weighted by Crippen LogP contribution is 2.32. The second kappa shape index (κ2) is 9.13. The van der Waals surface area contributed by atoms with Gasteiger partial charge in [-0.15, -0.1) is 0 Å². The van der Waals surface area contributed by atoms with Gasteiger partial charge in [0.25, 0.3) is 0 Å². The van der Waals surface area contributed by atoms with Crippen molar-refractivity contribution in [3.63, 3.8) is 0 Å². The van der Waals surface area contributed by atoms with Gasteiger partial charge in [-0.05, 0) is 66.9 Å². The van der Waals surface area contributed by atoms with Crippen molar-refractivity contribution in [3.8, 4) is 11.3 Å². The van der Waals surface area contributed by atoms with Crippen LogP contribution < -0.4 is 16.1 Å². The predicted molar refractivity (Wildman–Crippen MR) is 134 cm³/mol. The van der Waals surface area contributed by atoms with Gasteiger partial charge in [0.15, 0.2) is 0 Å². The van der Waals surface area contributed by atoms with E-state index in [0.29, 0.717) is 5.82 Å². The number of hydrazine groups is 1. The van der Waals surface area contributed by atoms with Gasteiger partial charge in [-0.2, -0.15) is 0 Å². The minimum absolute atomic E-state index is 0.492. The van der Waals surface area contributed by atoms with E-state index in [0.717, 1.165) is 60.6 Å². The number of rotatable bonds is 5. The van der Waals surface area contributed by atoms with Gasteiger partial charge in [0.1, 0.15) is 5.82 Å². The highest BCUT2D eigenvalue weighted by atomic mass is 15.6. The summed E-state index contributed by atoms with van der Waals surface area (Å²) in [5, 5.41) is 8.21. The van der Waals surface area contributed by atoms with Gasteiger partial charge in [0.05, 0.1) is 34.3 Å². The van der Waals surface area contributed by atoms with Crippen molar-refractivity contribution in [1.82, 2.24) is 25.3 Å². The van der Waals surface area contributed by atoms with Gasteiger partial charge in [-0.3, -0.25) is 9.99 Å². The normalized spacial score (nSPS) is 14.5. The van der Waals surface area contributed by atoms with Crippen LogP contribution in [0.1, 0.15) is 18.1 Å². The fourth-order valence-electron chi connectivity index (χ4n) is 4.32. The van der Waals surface area contributed by atoms with Crippen LogP contribution in [0.2, 0.25) is 0 Å². The SMILES string of the molecule is CCc1cc(C)cc(N(c2ccc3ncc(-c4ccc(N)nc4)nc3c2)N2CCNCC2)c1. The number of nitrogens with one attached hydrogen (secondary N) is 1. The molecule has 2 aromatic heterocycles. The lowest BCUT2D eigenvalue weighted by atomic mass is 10.1. The Morgan fingerprint density at radius 2 is 1.79 bits per heavy atom. The van der Waals surface area contributed by atoms with E-state index in [2.05, 4.69) is 75.5 Å². The molecule has 0 saturated carbocycles. The van der Waals surface area contributed by atoms with E-state index < -0.39 is 0 Å². The standard InChI is InChI=1S/C26H29N7/c1-3-19-12-18(2)13-22(14-19)33(32-10-8-28-9-11-32)21-5-6-23-24(15-21)31-25(17-29-23)20-4-7-26(27)30-16-20/h4-7,12-17,28H,3,8-11H2,1-2H3,(H2,27,30). The molecule has 1 fully saturated rings. The molecule has 0 amide bonds. The molecule has 2 aromatic carbocycles. The number of hydrogen-bond acceptors (Lipinski definition) is 7. The average Bonchev–Trinajstić information content (AvgIpc) is 2.84. The molecule has 0 radical (unpaired) electrons. The molecule has 0 spiro atoms. The van der Waals surface area contributed by atoms with E-state index >= 15 is 0 Å². The van der Waals surface area contributed by atoms with E-state index in [9.17, 15) is 0 Å². The van der Waals surface area contributed by atoms with Gasteiger partial charge in [-0.1, -0.05) is 13.0 Å². The molecule has 0 bridgehead atoms. The Hall–Kier alpha value is -3.55. The summed E-state index contributed by atoms with van der Waals surface area (Å²) >= 11 is 0. The lowest BCUT2D eigenvalue weighted by molar-refractivity contribution is 0.244. The fourth-order valence-corrected chi connectivity index (χ4v) is 4.32. The molecule has 5 rings (SSSR count). The number of aryl methyl sites for hydroxylation is 2. The number of benzene rings is 2. The third-order valence-corrected chi connectivity index (χ3v) is 6.00. The molecule has 1 aliphatic rings. The predicted octanol–water partition coefficient (Wildman–Crippen LogP) is 4.10. The smallest absolute Gasteiger partial charge is 0.123 e. The van der Waals surface area contributed by atoms with Crippen molar-refractivity contribution in [2.75, 3.05) is 36.9 Å². The third kappa shape index (κ3) is 4.51. The maximum Gasteiger partial charge on any atom is 0.123 e. The number of pyridine rings is 1. The van der Waals surface area contributed by atoms with Crippen LogP contribution in [0, 0.1) is 6.92 Å². The van der Waals surface area contributed by atoms with Crippen LogP contribution in [0.3, 0.4) is 0 Å². The molecule has 7 heteroatoms. The molecule has 1 saturated heterocycles. The van der Waals surface area contributed by atoms with Crippen molar-refractivity contribution in [3.05, 3.63) is 72.1 Å². The fraction of sp³-hybridized carbons (Fsp3) is 0.269. The zero-order chi connectivity index (χ0) is 22.8. The van der Waals surface area contributed by atoms with Gasteiger partial charge < -0.3 is 11.1 Å². The first-order valence-corrected chi connectivity index (χ1v) is 11.5. The van der Waals surface area contributed by atoms with Crippen molar-refractivity contribution >= 4 is 28.2 Å². The molecule has 3 heterocycles. The monoisotopic (exact) mass is 439 g/mol. The topological polar surface area (TPSA) is 83.2 Å². The minimum Gasteiger partial charge on any atom is -0.384 e. The number of anilines is 3. The zero-order valence-corrected chi connectivity index (χ0v) is 19.1. The summed E-state index contributed by atoms with van der Waals surface area (Å²) in [6, 6.07) is 16.8. The summed E-state index contributed by atoms with van der Waals surface area (Å²) < 4.78 is 0. The van der Waals surface area contributed by atoms with Crippen LogP contribution in [0.15, 0.2) is 60.9 Å². The molecule has 168 valence electrons. The first kappa shape index (κ1) is 21.3. The largest absolute Gasteiger partial charge is 0.384 e. The molecule has 0 unspecified atom stereocenters. The summed E-state index contributed by atoms with van der Waals surface area (Å²) in [7, 11) is 0. The van der Waals surface area contributed by atoms with Crippen LogP contribution in [-0.2, 0) is 6.42 Å². The van der Waals surface area contributed by atoms with Crippen LogP contribution in [0.4, 0.5) is 17.2 Å². The van der Waals surface area contributed by atoms with Gasteiger partial charge in [-0.25, -0.2) is 15.0 Å². The second-order valence-electron chi connectivity index (χ2n) is 8.45. The van der Waals surface area contributed by atoms with Crippen molar-refractivity contribution in [2.24, 2.45) is 0 Å². The number of nitrogens with two attached hydrogens (primary N) is 1. The van der Waals surface area contributed by atoms with E-state index in [1.807, 2.05) is 6.07 Å². The lowest BCUT2D eigenvalue weighted by Crippen LogP contribution is -2.50. The Balaban J connectivity index is 1.60. The molecule has 0 aliphatic carbocycles. The molecule has 3 N–H and O–H groups in total.